The summed E-state index contributed by atoms with van der Waals surface area (Å²) in [5, 5.41) is 11.1. The second-order valence-corrected chi connectivity index (χ2v) is 5.25. The Balaban J connectivity index is 1.83. The number of rotatable bonds is 4. The summed E-state index contributed by atoms with van der Waals surface area (Å²) in [4.78, 5) is 4.41. The Labute approximate surface area is 98.0 Å². The van der Waals surface area contributed by atoms with Gasteiger partial charge in [0.2, 0.25) is 0 Å². The Morgan fingerprint density at radius 2 is 2.07 bits per heavy atom. The van der Waals surface area contributed by atoms with Crippen LogP contribution in [0, 0.1) is 13.8 Å². The van der Waals surface area contributed by atoms with Crippen LogP contribution in [0.3, 0.4) is 0 Å². The summed E-state index contributed by atoms with van der Waals surface area (Å²) in [6, 6.07) is 0. The van der Waals surface area contributed by atoms with Crippen molar-refractivity contribution in [3.63, 3.8) is 0 Å². The summed E-state index contributed by atoms with van der Waals surface area (Å²) in [6.45, 7) is 5.99. The first kappa shape index (κ1) is 10.8. The number of aryl methyl sites for hydroxylation is 2. The van der Waals surface area contributed by atoms with E-state index in [9.17, 15) is 0 Å². The van der Waals surface area contributed by atoms with E-state index in [4.69, 9.17) is 0 Å². The van der Waals surface area contributed by atoms with Crippen molar-refractivity contribution >= 4 is 22.7 Å². The van der Waals surface area contributed by atoms with E-state index in [1.54, 1.807) is 22.7 Å². The Morgan fingerprint density at radius 3 is 2.67 bits per heavy atom. The van der Waals surface area contributed by atoms with Gasteiger partial charge in [0.1, 0.15) is 5.01 Å². The molecule has 0 aliphatic carbocycles. The number of thiazole rings is 1. The molecule has 0 aromatic carbocycles. The van der Waals surface area contributed by atoms with Crippen LogP contribution in [-0.2, 0) is 13.1 Å². The number of thiophene rings is 1. The predicted octanol–water partition coefficient (Wildman–Crippen LogP) is 3.11. The molecule has 2 nitrogen and oxygen atoms in total. The highest BCUT2D eigenvalue weighted by Crippen LogP contribution is 2.13. The van der Waals surface area contributed by atoms with Gasteiger partial charge < -0.3 is 5.32 Å². The largest absolute Gasteiger partial charge is 0.306 e. The van der Waals surface area contributed by atoms with Gasteiger partial charge in [0.05, 0.1) is 0 Å². The van der Waals surface area contributed by atoms with Crippen molar-refractivity contribution < 1.29 is 0 Å². The molecule has 0 saturated heterocycles. The van der Waals surface area contributed by atoms with Crippen molar-refractivity contribution in [1.82, 2.24) is 10.3 Å². The quantitative estimate of drug-likeness (QED) is 0.885. The monoisotopic (exact) mass is 238 g/mol. The van der Waals surface area contributed by atoms with E-state index in [2.05, 4.69) is 33.4 Å². The molecule has 1 N–H and O–H groups in total. The first-order chi connectivity index (χ1) is 7.25. The Morgan fingerprint density at radius 1 is 1.20 bits per heavy atom. The molecule has 0 unspecified atom stereocenters. The molecule has 2 rings (SSSR count). The van der Waals surface area contributed by atoms with Crippen molar-refractivity contribution in [3.05, 3.63) is 38.0 Å². The highest BCUT2D eigenvalue weighted by atomic mass is 32.1. The van der Waals surface area contributed by atoms with Crippen LogP contribution in [0.15, 0.2) is 16.1 Å². The van der Waals surface area contributed by atoms with Gasteiger partial charge in [-0.15, -0.1) is 11.3 Å². The standard InChI is InChI=1S/C11H14N2S2/c1-8-5-14-7-10(8)3-12-4-11-13-9(2)6-15-11/h5-7,12H,3-4H2,1-2H3. The normalized spacial score (nSPS) is 10.8. The fraction of sp³-hybridized carbons (Fsp3) is 0.364. The van der Waals surface area contributed by atoms with Crippen molar-refractivity contribution in [2.24, 2.45) is 0 Å². The predicted molar refractivity (Wildman–Crippen MR) is 66.5 cm³/mol. The lowest BCUT2D eigenvalue weighted by atomic mass is 10.2. The van der Waals surface area contributed by atoms with E-state index < -0.39 is 0 Å². The molecule has 0 bridgehead atoms. The number of aromatic nitrogens is 1. The zero-order valence-electron chi connectivity index (χ0n) is 8.91. The second kappa shape index (κ2) is 4.88. The minimum atomic E-state index is 0.869. The maximum absolute atomic E-state index is 4.41. The third kappa shape index (κ3) is 2.87. The summed E-state index contributed by atoms with van der Waals surface area (Å²) in [5.74, 6) is 0. The van der Waals surface area contributed by atoms with Crippen molar-refractivity contribution in [2.75, 3.05) is 0 Å². The molecule has 2 aromatic rings. The van der Waals surface area contributed by atoms with Crippen LogP contribution in [0.25, 0.3) is 0 Å². The fourth-order valence-corrected chi connectivity index (χ4v) is 2.95. The van der Waals surface area contributed by atoms with Crippen LogP contribution in [0.1, 0.15) is 21.8 Å². The fourth-order valence-electron chi connectivity index (χ4n) is 1.36. The van der Waals surface area contributed by atoms with E-state index in [0.717, 1.165) is 18.8 Å². The summed E-state index contributed by atoms with van der Waals surface area (Å²) in [6.07, 6.45) is 0. The first-order valence-corrected chi connectivity index (χ1v) is 6.71. The third-order valence-corrected chi connectivity index (χ3v) is 4.10. The van der Waals surface area contributed by atoms with Crippen molar-refractivity contribution in [1.29, 1.82) is 0 Å². The number of hydrogen-bond donors (Lipinski definition) is 1. The maximum Gasteiger partial charge on any atom is 0.107 e. The van der Waals surface area contributed by atoms with E-state index >= 15 is 0 Å². The molecule has 2 heterocycles. The molecular weight excluding hydrogens is 224 g/mol. The van der Waals surface area contributed by atoms with Gasteiger partial charge in [0, 0.05) is 24.2 Å². The Bertz CT molecular complexity index is 431. The van der Waals surface area contributed by atoms with Gasteiger partial charge in [-0.1, -0.05) is 0 Å². The molecule has 0 saturated carbocycles. The lowest BCUT2D eigenvalue weighted by Gasteiger charge is -2.01. The van der Waals surface area contributed by atoms with E-state index in [0.29, 0.717) is 0 Å². The lowest BCUT2D eigenvalue weighted by molar-refractivity contribution is 0.688. The van der Waals surface area contributed by atoms with Crippen molar-refractivity contribution in [3.8, 4) is 0 Å². The molecule has 4 heteroatoms. The maximum atomic E-state index is 4.41. The summed E-state index contributed by atoms with van der Waals surface area (Å²) < 4.78 is 0. The van der Waals surface area contributed by atoms with Crippen molar-refractivity contribution in [2.45, 2.75) is 26.9 Å². The van der Waals surface area contributed by atoms with E-state index in [-0.39, 0.29) is 0 Å². The molecule has 15 heavy (non-hydrogen) atoms. The van der Waals surface area contributed by atoms with Gasteiger partial charge in [0.25, 0.3) is 0 Å². The SMILES string of the molecule is Cc1csc(CNCc2cscc2C)n1. The average molecular weight is 238 g/mol. The van der Waals surface area contributed by atoms with Gasteiger partial charge >= 0.3 is 0 Å². The average Bonchev–Trinajstić information content (AvgIpc) is 2.77. The second-order valence-electron chi connectivity index (χ2n) is 3.57. The molecule has 0 spiro atoms. The molecule has 0 aliphatic rings. The first-order valence-electron chi connectivity index (χ1n) is 4.89. The van der Waals surface area contributed by atoms with Gasteiger partial charge in [-0.25, -0.2) is 4.98 Å². The minimum absolute atomic E-state index is 0.869. The highest BCUT2D eigenvalue weighted by molar-refractivity contribution is 7.09. The number of nitrogens with one attached hydrogen (secondary N) is 1. The lowest BCUT2D eigenvalue weighted by Crippen LogP contribution is -2.12. The van der Waals surface area contributed by atoms with Crippen LogP contribution in [0.4, 0.5) is 0 Å². The smallest absolute Gasteiger partial charge is 0.107 e. The molecule has 2 aromatic heterocycles. The van der Waals surface area contributed by atoms with Crippen LogP contribution in [-0.4, -0.2) is 4.98 Å². The molecule has 0 radical (unpaired) electrons. The third-order valence-electron chi connectivity index (χ3n) is 2.22. The van der Waals surface area contributed by atoms with Crippen LogP contribution >= 0.6 is 22.7 Å². The zero-order valence-corrected chi connectivity index (χ0v) is 10.5. The molecule has 0 fully saturated rings. The molecular formula is C11H14N2S2. The molecule has 80 valence electrons. The molecule has 0 aliphatic heterocycles. The Kier molecular flexibility index (Phi) is 3.51. The molecule has 0 amide bonds. The van der Waals surface area contributed by atoms with Gasteiger partial charge in [-0.05, 0) is 35.7 Å². The zero-order chi connectivity index (χ0) is 10.7. The van der Waals surface area contributed by atoms with Gasteiger partial charge in [-0.2, -0.15) is 11.3 Å². The van der Waals surface area contributed by atoms with Crippen LogP contribution in [0.2, 0.25) is 0 Å². The minimum Gasteiger partial charge on any atom is -0.306 e. The summed E-state index contributed by atoms with van der Waals surface area (Å²) >= 11 is 3.48. The molecule has 0 atom stereocenters. The van der Waals surface area contributed by atoms with E-state index in [1.807, 2.05) is 6.92 Å². The topological polar surface area (TPSA) is 24.9 Å². The van der Waals surface area contributed by atoms with Crippen LogP contribution in [0.5, 0.6) is 0 Å². The summed E-state index contributed by atoms with van der Waals surface area (Å²) in [7, 11) is 0. The Hall–Kier alpha value is -0.710. The number of hydrogen-bond acceptors (Lipinski definition) is 4. The summed E-state index contributed by atoms with van der Waals surface area (Å²) in [5.41, 5.74) is 3.89. The van der Waals surface area contributed by atoms with Gasteiger partial charge in [0.15, 0.2) is 0 Å². The van der Waals surface area contributed by atoms with Crippen LogP contribution < -0.4 is 5.32 Å². The highest BCUT2D eigenvalue weighted by Gasteiger charge is 2.00. The van der Waals surface area contributed by atoms with Gasteiger partial charge in [-0.3, -0.25) is 0 Å². The van der Waals surface area contributed by atoms with E-state index in [1.165, 1.54) is 16.1 Å². The number of nitrogens with zero attached hydrogens (tertiary/aromatic N) is 1.